The van der Waals surface area contributed by atoms with E-state index in [-0.39, 0.29) is 24.0 Å². The number of thioether (sulfide) groups is 1. The van der Waals surface area contributed by atoms with E-state index in [1.54, 1.807) is 0 Å². The average Bonchev–Trinajstić information content (AvgIpc) is 2.43. The Morgan fingerprint density at radius 2 is 1.81 bits per heavy atom. The summed E-state index contributed by atoms with van der Waals surface area (Å²) in [5.41, 5.74) is 1.38. The highest BCUT2D eigenvalue weighted by Crippen LogP contribution is 2.17. The second-order valence-corrected chi connectivity index (χ2v) is 6.93. The van der Waals surface area contributed by atoms with E-state index < -0.39 is 10.1 Å². The molecular weight excluding hydrogens is 314 g/mol. The van der Waals surface area contributed by atoms with Crippen LogP contribution >= 0.6 is 11.8 Å². The minimum absolute atomic E-state index is 0.0551. The Morgan fingerprint density at radius 1 is 1.24 bits per heavy atom. The number of anilines is 1. The summed E-state index contributed by atoms with van der Waals surface area (Å²) >= 11 is 1.53. The zero-order valence-electron chi connectivity index (χ0n) is 11.4. The SMILES string of the molecule is C=C(CSCC(CO)CO)Nc1ccc(S(=O)(=O)O)cc1. The highest BCUT2D eigenvalue weighted by molar-refractivity contribution is 7.99. The maximum absolute atomic E-state index is 10.9. The molecule has 0 saturated carbocycles. The van der Waals surface area contributed by atoms with Crippen LogP contribution in [0.5, 0.6) is 0 Å². The summed E-state index contributed by atoms with van der Waals surface area (Å²) < 4.78 is 30.7. The van der Waals surface area contributed by atoms with Crippen LogP contribution in [0.25, 0.3) is 0 Å². The molecule has 21 heavy (non-hydrogen) atoms. The van der Waals surface area contributed by atoms with E-state index >= 15 is 0 Å². The topological polar surface area (TPSA) is 107 Å². The first-order valence-corrected chi connectivity index (χ1v) is 8.78. The van der Waals surface area contributed by atoms with Crippen LogP contribution in [-0.2, 0) is 10.1 Å². The van der Waals surface area contributed by atoms with Gasteiger partial charge in [-0.25, -0.2) is 0 Å². The van der Waals surface area contributed by atoms with Crippen LogP contribution in [0, 0.1) is 5.92 Å². The van der Waals surface area contributed by atoms with Gasteiger partial charge >= 0.3 is 0 Å². The molecule has 0 aromatic heterocycles. The molecule has 0 amide bonds. The minimum atomic E-state index is -4.18. The first-order valence-electron chi connectivity index (χ1n) is 6.18. The van der Waals surface area contributed by atoms with Gasteiger partial charge in [-0.3, -0.25) is 4.55 Å². The lowest BCUT2D eigenvalue weighted by Gasteiger charge is -2.12. The Balaban J connectivity index is 2.45. The molecule has 0 aliphatic rings. The highest BCUT2D eigenvalue weighted by Gasteiger charge is 2.09. The van der Waals surface area contributed by atoms with Crippen molar-refractivity contribution in [3.63, 3.8) is 0 Å². The van der Waals surface area contributed by atoms with Crippen molar-refractivity contribution < 1.29 is 23.2 Å². The molecule has 118 valence electrons. The van der Waals surface area contributed by atoms with E-state index in [4.69, 9.17) is 14.8 Å². The van der Waals surface area contributed by atoms with E-state index in [0.717, 1.165) is 0 Å². The van der Waals surface area contributed by atoms with Crippen molar-refractivity contribution in [1.82, 2.24) is 0 Å². The van der Waals surface area contributed by atoms with Crippen LogP contribution in [0.15, 0.2) is 41.4 Å². The summed E-state index contributed by atoms with van der Waals surface area (Å²) in [6.45, 7) is 3.73. The van der Waals surface area contributed by atoms with Gasteiger partial charge in [-0.2, -0.15) is 20.2 Å². The van der Waals surface area contributed by atoms with Gasteiger partial charge in [0.1, 0.15) is 0 Å². The molecule has 0 heterocycles. The Bertz CT molecular complexity index is 552. The van der Waals surface area contributed by atoms with Gasteiger partial charge in [-0.1, -0.05) is 6.58 Å². The number of nitrogens with one attached hydrogen (secondary N) is 1. The predicted octanol–water partition coefficient (Wildman–Crippen LogP) is 1.19. The largest absolute Gasteiger partial charge is 0.396 e. The van der Waals surface area contributed by atoms with Crippen molar-refractivity contribution in [1.29, 1.82) is 0 Å². The molecule has 0 unspecified atom stereocenters. The molecule has 1 aromatic rings. The smallest absolute Gasteiger partial charge is 0.294 e. The lowest BCUT2D eigenvalue weighted by atomic mass is 10.2. The first kappa shape index (κ1) is 18.0. The van der Waals surface area contributed by atoms with Gasteiger partial charge < -0.3 is 15.5 Å². The molecule has 6 nitrogen and oxygen atoms in total. The Kier molecular flexibility index (Phi) is 7.20. The molecule has 0 spiro atoms. The normalized spacial score (nSPS) is 11.6. The standard InChI is InChI=1S/C13H19NO5S2/c1-10(8-20-9-11(6-15)7-16)14-12-2-4-13(5-3-12)21(17,18)19/h2-5,11,14-16H,1,6-9H2,(H,17,18,19). The quantitative estimate of drug-likeness (QED) is 0.503. The van der Waals surface area contributed by atoms with Gasteiger partial charge in [0.25, 0.3) is 10.1 Å². The predicted molar refractivity (Wildman–Crippen MR) is 84.0 cm³/mol. The number of rotatable bonds is 9. The van der Waals surface area contributed by atoms with Gasteiger partial charge in [-0.05, 0) is 24.3 Å². The number of aliphatic hydroxyl groups is 2. The van der Waals surface area contributed by atoms with E-state index in [2.05, 4.69) is 11.9 Å². The molecule has 0 aliphatic carbocycles. The van der Waals surface area contributed by atoms with Crippen LogP contribution in [0.1, 0.15) is 0 Å². The zero-order chi connectivity index (χ0) is 15.9. The molecular formula is C13H19NO5S2. The van der Waals surface area contributed by atoms with Gasteiger partial charge in [0.05, 0.1) is 4.90 Å². The fourth-order valence-electron chi connectivity index (χ4n) is 1.46. The summed E-state index contributed by atoms with van der Waals surface area (Å²) in [5, 5.41) is 20.9. The van der Waals surface area contributed by atoms with Crippen molar-refractivity contribution in [2.24, 2.45) is 5.92 Å². The van der Waals surface area contributed by atoms with E-state index in [9.17, 15) is 8.42 Å². The van der Waals surface area contributed by atoms with Gasteiger partial charge in [0, 0.05) is 42.0 Å². The Morgan fingerprint density at radius 3 is 2.29 bits per heavy atom. The second-order valence-electron chi connectivity index (χ2n) is 4.47. The summed E-state index contributed by atoms with van der Waals surface area (Å²) in [5.74, 6) is 1.07. The maximum atomic E-state index is 10.9. The van der Waals surface area contributed by atoms with E-state index in [1.165, 1.54) is 36.0 Å². The lowest BCUT2D eigenvalue weighted by molar-refractivity contribution is 0.164. The molecule has 8 heteroatoms. The number of benzene rings is 1. The fraction of sp³-hybridized carbons (Fsp3) is 0.385. The highest BCUT2D eigenvalue weighted by atomic mass is 32.2. The monoisotopic (exact) mass is 333 g/mol. The van der Waals surface area contributed by atoms with Crippen molar-refractivity contribution in [3.05, 3.63) is 36.5 Å². The maximum Gasteiger partial charge on any atom is 0.294 e. The van der Waals surface area contributed by atoms with Gasteiger partial charge in [0.2, 0.25) is 0 Å². The van der Waals surface area contributed by atoms with Crippen LogP contribution in [0.3, 0.4) is 0 Å². The lowest BCUT2D eigenvalue weighted by Crippen LogP contribution is -2.14. The Hall–Kier alpha value is -1.06. The Labute approximate surface area is 128 Å². The molecule has 0 saturated heterocycles. The van der Waals surface area contributed by atoms with Gasteiger partial charge in [0.15, 0.2) is 0 Å². The summed E-state index contributed by atoms with van der Waals surface area (Å²) in [4.78, 5) is -0.165. The molecule has 1 rings (SSSR count). The third kappa shape index (κ3) is 6.49. The molecule has 0 fully saturated rings. The van der Waals surface area contributed by atoms with Crippen LogP contribution in [-0.4, -0.2) is 47.9 Å². The minimum Gasteiger partial charge on any atom is -0.396 e. The van der Waals surface area contributed by atoms with E-state index in [0.29, 0.717) is 22.9 Å². The molecule has 0 aliphatic heterocycles. The number of hydrogen-bond acceptors (Lipinski definition) is 6. The molecule has 0 atom stereocenters. The molecule has 4 N–H and O–H groups in total. The molecule has 1 aromatic carbocycles. The van der Waals surface area contributed by atoms with Crippen molar-refractivity contribution in [3.8, 4) is 0 Å². The second kappa shape index (κ2) is 8.40. The van der Waals surface area contributed by atoms with Crippen molar-refractivity contribution in [2.75, 3.05) is 30.0 Å². The zero-order valence-corrected chi connectivity index (χ0v) is 13.0. The summed E-state index contributed by atoms with van der Waals surface area (Å²) in [6.07, 6.45) is 0. The summed E-state index contributed by atoms with van der Waals surface area (Å²) in [7, 11) is -4.18. The average molecular weight is 333 g/mol. The number of hydrogen-bond donors (Lipinski definition) is 4. The van der Waals surface area contributed by atoms with Crippen molar-refractivity contribution in [2.45, 2.75) is 4.90 Å². The van der Waals surface area contributed by atoms with Crippen LogP contribution < -0.4 is 5.32 Å². The third-order valence-electron chi connectivity index (χ3n) is 2.62. The fourth-order valence-corrected chi connectivity index (χ4v) is 2.92. The third-order valence-corrected chi connectivity index (χ3v) is 4.75. The number of aliphatic hydroxyl groups excluding tert-OH is 2. The van der Waals surface area contributed by atoms with Crippen LogP contribution in [0.2, 0.25) is 0 Å². The summed E-state index contributed by atoms with van der Waals surface area (Å²) in [6, 6.07) is 5.66. The molecule has 0 radical (unpaired) electrons. The van der Waals surface area contributed by atoms with E-state index in [1.807, 2.05) is 0 Å². The van der Waals surface area contributed by atoms with Gasteiger partial charge in [-0.15, -0.1) is 0 Å². The van der Waals surface area contributed by atoms with Crippen molar-refractivity contribution >= 4 is 27.6 Å². The molecule has 0 bridgehead atoms. The van der Waals surface area contributed by atoms with Crippen LogP contribution in [0.4, 0.5) is 5.69 Å². The first-order chi connectivity index (χ1) is 9.86.